The molecule has 1 rings (SSSR count). The third-order valence-corrected chi connectivity index (χ3v) is 2.42. The molecule has 7 heteroatoms. The minimum absolute atomic E-state index is 0.0348. The zero-order chi connectivity index (χ0) is 14.6. The van der Waals surface area contributed by atoms with Gasteiger partial charge >= 0.3 is 0 Å². The molecule has 1 aromatic carbocycles. The van der Waals surface area contributed by atoms with Crippen molar-refractivity contribution in [2.45, 2.75) is 13.0 Å². The van der Waals surface area contributed by atoms with Crippen molar-refractivity contribution in [1.82, 2.24) is 4.90 Å². The topological polar surface area (TPSA) is 89.7 Å². The quantitative estimate of drug-likeness (QED) is 0.454. The van der Waals surface area contributed by atoms with Gasteiger partial charge in [-0.15, -0.1) is 0 Å². The number of rotatable bonds is 5. The van der Waals surface area contributed by atoms with Gasteiger partial charge in [0.05, 0.1) is 10.5 Å². The summed E-state index contributed by atoms with van der Waals surface area (Å²) in [7, 11) is 3.16. The first kappa shape index (κ1) is 14.6. The molecule has 0 aliphatic carbocycles. The highest BCUT2D eigenvalue weighted by Crippen LogP contribution is 2.23. The van der Waals surface area contributed by atoms with Gasteiger partial charge in [0, 0.05) is 26.2 Å². The third-order valence-electron chi connectivity index (χ3n) is 2.42. The Kier molecular flexibility index (Phi) is 4.57. The van der Waals surface area contributed by atoms with Gasteiger partial charge in [0.2, 0.25) is 0 Å². The summed E-state index contributed by atoms with van der Waals surface area (Å²) in [5.41, 5.74) is -0.173. The van der Waals surface area contributed by atoms with Crippen molar-refractivity contribution < 1.29 is 19.2 Å². The van der Waals surface area contributed by atoms with Gasteiger partial charge < -0.3 is 9.64 Å². The summed E-state index contributed by atoms with van der Waals surface area (Å²) in [4.78, 5) is 33.9. The molecular weight excluding hydrogens is 252 g/mol. The lowest BCUT2D eigenvalue weighted by atomic mass is 10.2. The van der Waals surface area contributed by atoms with Crippen molar-refractivity contribution in [1.29, 1.82) is 0 Å². The number of nitro benzene ring substituents is 1. The fourth-order valence-corrected chi connectivity index (χ4v) is 1.45. The van der Waals surface area contributed by atoms with Crippen molar-refractivity contribution in [2.24, 2.45) is 0 Å². The summed E-state index contributed by atoms with van der Waals surface area (Å²) in [6, 6.07) is 3.63. The number of aldehydes is 1. The molecule has 0 aliphatic rings. The van der Waals surface area contributed by atoms with Crippen LogP contribution in [0.1, 0.15) is 17.3 Å². The van der Waals surface area contributed by atoms with E-state index >= 15 is 0 Å². The molecular formula is C12H14N2O5. The zero-order valence-electron chi connectivity index (χ0n) is 10.8. The number of non-ortho nitro benzene ring substituents is 1. The normalized spacial score (nSPS) is 11.5. The van der Waals surface area contributed by atoms with Gasteiger partial charge in [0.15, 0.2) is 12.4 Å². The number of ether oxygens (including phenoxy) is 1. The number of carbonyl (C=O) groups is 2. The number of nitrogens with zero attached hydrogens (tertiary/aromatic N) is 2. The monoisotopic (exact) mass is 266 g/mol. The number of amides is 1. The lowest BCUT2D eigenvalue weighted by molar-refractivity contribution is -0.384. The number of benzene rings is 1. The minimum Gasteiger partial charge on any atom is -0.480 e. The lowest BCUT2D eigenvalue weighted by Gasteiger charge is -2.18. The van der Waals surface area contributed by atoms with Crippen LogP contribution in [0.4, 0.5) is 5.69 Å². The van der Waals surface area contributed by atoms with E-state index in [0.29, 0.717) is 6.29 Å². The van der Waals surface area contributed by atoms with Gasteiger partial charge in [-0.1, -0.05) is 0 Å². The molecule has 1 unspecified atom stereocenters. The van der Waals surface area contributed by atoms with Crippen LogP contribution in [-0.2, 0) is 4.79 Å². The third kappa shape index (κ3) is 3.51. The molecule has 0 bridgehead atoms. The van der Waals surface area contributed by atoms with Crippen molar-refractivity contribution in [3.05, 3.63) is 33.9 Å². The molecule has 0 radical (unpaired) electrons. The predicted molar refractivity (Wildman–Crippen MR) is 67.3 cm³/mol. The van der Waals surface area contributed by atoms with Crippen LogP contribution in [0.5, 0.6) is 5.75 Å². The maximum atomic E-state index is 11.6. The molecule has 0 heterocycles. The van der Waals surface area contributed by atoms with Gasteiger partial charge in [-0.3, -0.25) is 19.7 Å². The van der Waals surface area contributed by atoms with E-state index in [-0.39, 0.29) is 22.9 Å². The molecule has 102 valence electrons. The standard InChI is InChI=1S/C12H14N2O5/c1-8(12(16)13(2)3)19-11-5-4-10(14(17)18)6-9(11)7-15/h4-8H,1-3H3. The molecule has 0 fully saturated rings. The van der Waals surface area contributed by atoms with Gasteiger partial charge in [-0.2, -0.15) is 0 Å². The highest BCUT2D eigenvalue weighted by molar-refractivity contribution is 5.83. The molecule has 1 aromatic rings. The van der Waals surface area contributed by atoms with Crippen LogP contribution in [0.3, 0.4) is 0 Å². The Labute approximate surface area is 109 Å². The molecule has 7 nitrogen and oxygen atoms in total. The van der Waals surface area contributed by atoms with Gasteiger partial charge in [-0.05, 0) is 13.0 Å². The van der Waals surface area contributed by atoms with Gasteiger partial charge in [0.1, 0.15) is 5.75 Å². The minimum atomic E-state index is -0.782. The fourth-order valence-electron chi connectivity index (χ4n) is 1.45. The summed E-state index contributed by atoms with van der Waals surface area (Å²) in [6.45, 7) is 1.54. The average Bonchev–Trinajstić information content (AvgIpc) is 2.37. The molecule has 1 atom stereocenters. The Morgan fingerprint density at radius 2 is 2.11 bits per heavy atom. The molecule has 0 aliphatic heterocycles. The zero-order valence-corrected chi connectivity index (χ0v) is 10.8. The van der Waals surface area contributed by atoms with Crippen LogP contribution in [0.15, 0.2) is 18.2 Å². The first-order chi connectivity index (χ1) is 8.86. The number of hydrogen-bond acceptors (Lipinski definition) is 5. The largest absolute Gasteiger partial charge is 0.480 e. The second-order valence-corrected chi connectivity index (χ2v) is 4.09. The van der Waals surface area contributed by atoms with E-state index < -0.39 is 11.0 Å². The first-order valence-electron chi connectivity index (χ1n) is 5.48. The van der Waals surface area contributed by atoms with Crippen LogP contribution in [0.2, 0.25) is 0 Å². The van der Waals surface area contributed by atoms with E-state index in [1.54, 1.807) is 21.0 Å². The summed E-state index contributed by atoms with van der Waals surface area (Å²) in [6.07, 6.45) is -0.329. The number of hydrogen-bond donors (Lipinski definition) is 0. The van der Waals surface area contributed by atoms with Gasteiger partial charge in [0.25, 0.3) is 11.6 Å². The number of nitro groups is 1. The molecule has 19 heavy (non-hydrogen) atoms. The first-order valence-corrected chi connectivity index (χ1v) is 5.48. The Balaban J connectivity index is 2.98. The van der Waals surface area contributed by atoms with E-state index in [9.17, 15) is 19.7 Å². The summed E-state index contributed by atoms with van der Waals surface area (Å²) in [5.74, 6) is -0.126. The van der Waals surface area contributed by atoms with Crippen LogP contribution in [-0.4, -0.2) is 42.2 Å². The van der Waals surface area contributed by atoms with E-state index in [2.05, 4.69) is 0 Å². The molecule has 0 N–H and O–H groups in total. The average molecular weight is 266 g/mol. The van der Waals surface area contributed by atoms with Crippen molar-refractivity contribution in [3.8, 4) is 5.75 Å². The number of likely N-dealkylation sites (N-methyl/N-ethyl adjacent to an activating group) is 1. The van der Waals surface area contributed by atoms with E-state index in [1.807, 2.05) is 0 Å². The number of carbonyl (C=O) groups excluding carboxylic acids is 2. The lowest BCUT2D eigenvalue weighted by Crippen LogP contribution is -2.35. The van der Waals surface area contributed by atoms with E-state index in [0.717, 1.165) is 6.07 Å². The SMILES string of the molecule is CC(Oc1ccc([N+](=O)[O-])cc1C=O)C(=O)N(C)C. The highest BCUT2D eigenvalue weighted by Gasteiger charge is 2.19. The fraction of sp³-hybridized carbons (Fsp3) is 0.333. The Morgan fingerprint density at radius 3 is 2.58 bits per heavy atom. The van der Waals surface area contributed by atoms with Crippen molar-refractivity contribution >= 4 is 17.9 Å². The van der Waals surface area contributed by atoms with Crippen LogP contribution in [0.25, 0.3) is 0 Å². The molecule has 0 spiro atoms. The summed E-state index contributed by atoms with van der Waals surface area (Å²) in [5, 5.41) is 10.6. The van der Waals surface area contributed by atoms with Crippen molar-refractivity contribution in [3.63, 3.8) is 0 Å². The van der Waals surface area contributed by atoms with Crippen LogP contribution in [0, 0.1) is 10.1 Å². The Morgan fingerprint density at radius 1 is 1.47 bits per heavy atom. The predicted octanol–water partition coefficient (Wildman–Crippen LogP) is 1.26. The second kappa shape index (κ2) is 5.94. The van der Waals surface area contributed by atoms with Crippen molar-refractivity contribution in [2.75, 3.05) is 14.1 Å². The second-order valence-electron chi connectivity index (χ2n) is 4.09. The molecule has 0 saturated heterocycles. The summed E-state index contributed by atoms with van der Waals surface area (Å²) < 4.78 is 5.35. The molecule has 0 saturated carbocycles. The maximum Gasteiger partial charge on any atom is 0.270 e. The Hall–Kier alpha value is -2.44. The smallest absolute Gasteiger partial charge is 0.270 e. The van der Waals surface area contributed by atoms with E-state index in [1.165, 1.54) is 17.0 Å². The maximum absolute atomic E-state index is 11.6. The van der Waals surface area contributed by atoms with E-state index in [4.69, 9.17) is 4.74 Å². The van der Waals surface area contributed by atoms with Gasteiger partial charge in [-0.25, -0.2) is 0 Å². The molecule has 0 aromatic heterocycles. The van der Waals surface area contributed by atoms with Crippen LogP contribution < -0.4 is 4.74 Å². The van der Waals surface area contributed by atoms with Crippen LogP contribution >= 0.6 is 0 Å². The Bertz CT molecular complexity index is 513. The summed E-state index contributed by atoms with van der Waals surface area (Å²) >= 11 is 0. The molecule has 1 amide bonds. The highest BCUT2D eigenvalue weighted by atomic mass is 16.6.